The summed E-state index contributed by atoms with van der Waals surface area (Å²) in [5.41, 5.74) is 2.26. The van der Waals surface area contributed by atoms with Gasteiger partial charge in [0.05, 0.1) is 5.54 Å². The van der Waals surface area contributed by atoms with E-state index < -0.39 is 0 Å². The number of nitrogens with one attached hydrogen (secondary N) is 2. The van der Waals surface area contributed by atoms with Gasteiger partial charge in [-0.05, 0) is 85.8 Å². The van der Waals surface area contributed by atoms with Crippen LogP contribution in [-0.2, 0) is 15.1 Å². The van der Waals surface area contributed by atoms with Crippen molar-refractivity contribution in [2.75, 3.05) is 6.54 Å². The summed E-state index contributed by atoms with van der Waals surface area (Å²) in [6.45, 7) is 5.74. The van der Waals surface area contributed by atoms with Gasteiger partial charge in [-0.25, -0.2) is 0 Å². The molecular weight excluding hydrogens is 456 g/mol. The van der Waals surface area contributed by atoms with Gasteiger partial charge in [-0.2, -0.15) is 0 Å². The minimum absolute atomic E-state index is 0.0504. The maximum Gasteiger partial charge on any atom is 0.224 e. The van der Waals surface area contributed by atoms with Gasteiger partial charge in [0.25, 0.3) is 0 Å². The standard InChI is InChI=1S/C30H39ClN2O2/c1-28-16-12-24-22(18-32-26-17-21(34)11-15-29(24,26)2)23(28)9-10-25(28)27(35)33-30(13-3-4-14-30)19-5-7-20(31)8-6-19/h5-8,17,22-25,32H,3-4,9-16,18H2,1-2H3,(H,33,35)/t22?,23?,24?,25-,28+,29-/m1/s1. The molecule has 0 aromatic heterocycles. The molecule has 1 aromatic carbocycles. The smallest absolute Gasteiger partial charge is 0.224 e. The molecule has 1 heterocycles. The largest absolute Gasteiger partial charge is 0.387 e. The van der Waals surface area contributed by atoms with Crippen molar-refractivity contribution < 1.29 is 9.59 Å². The Hall–Kier alpha value is -1.81. The molecule has 6 rings (SSSR count). The summed E-state index contributed by atoms with van der Waals surface area (Å²) < 4.78 is 0. The van der Waals surface area contributed by atoms with E-state index in [1.807, 2.05) is 18.2 Å². The van der Waals surface area contributed by atoms with Crippen LogP contribution in [0.5, 0.6) is 0 Å². The number of fused-ring (bicyclic) bond motifs is 5. The van der Waals surface area contributed by atoms with Crippen molar-refractivity contribution in [3.63, 3.8) is 0 Å². The molecule has 1 aliphatic heterocycles. The van der Waals surface area contributed by atoms with Gasteiger partial charge in [-0.3, -0.25) is 9.59 Å². The van der Waals surface area contributed by atoms with Crippen molar-refractivity contribution in [3.8, 4) is 0 Å². The number of hydrogen-bond acceptors (Lipinski definition) is 3. The summed E-state index contributed by atoms with van der Waals surface area (Å²) in [4.78, 5) is 26.1. The minimum Gasteiger partial charge on any atom is -0.387 e. The van der Waals surface area contributed by atoms with E-state index in [1.165, 1.54) is 11.3 Å². The lowest BCUT2D eigenvalue weighted by Gasteiger charge is -2.58. The highest BCUT2D eigenvalue weighted by atomic mass is 35.5. The van der Waals surface area contributed by atoms with Crippen LogP contribution in [-0.4, -0.2) is 18.2 Å². The number of carbonyl (C=O) groups is 2. The van der Waals surface area contributed by atoms with Crippen molar-refractivity contribution in [1.82, 2.24) is 10.6 Å². The van der Waals surface area contributed by atoms with Crippen molar-refractivity contribution in [3.05, 3.63) is 46.6 Å². The number of halogens is 1. The number of rotatable bonds is 3. The Morgan fingerprint density at radius 2 is 1.74 bits per heavy atom. The molecule has 5 aliphatic rings. The van der Waals surface area contributed by atoms with Crippen LogP contribution in [0.2, 0.25) is 5.02 Å². The molecule has 188 valence electrons. The lowest BCUT2D eigenvalue weighted by atomic mass is 9.50. The summed E-state index contributed by atoms with van der Waals surface area (Å²) >= 11 is 6.17. The second-order valence-corrected chi connectivity index (χ2v) is 13.1. The molecule has 0 spiro atoms. The Morgan fingerprint density at radius 3 is 2.49 bits per heavy atom. The lowest BCUT2D eigenvalue weighted by Crippen LogP contribution is -2.57. The summed E-state index contributed by atoms with van der Waals surface area (Å²) in [5, 5.41) is 8.04. The molecule has 4 nitrogen and oxygen atoms in total. The molecule has 6 atom stereocenters. The Labute approximate surface area is 214 Å². The summed E-state index contributed by atoms with van der Waals surface area (Å²) in [6, 6.07) is 8.12. The van der Waals surface area contributed by atoms with Crippen LogP contribution >= 0.6 is 11.6 Å². The molecule has 3 unspecified atom stereocenters. The highest BCUT2D eigenvalue weighted by Crippen LogP contribution is 2.64. The molecule has 5 heteroatoms. The van der Waals surface area contributed by atoms with Crippen LogP contribution in [0.25, 0.3) is 0 Å². The maximum atomic E-state index is 14.0. The number of allylic oxidation sites excluding steroid dienone is 2. The Kier molecular flexibility index (Phi) is 5.63. The van der Waals surface area contributed by atoms with Crippen molar-refractivity contribution in [2.24, 2.45) is 34.5 Å². The monoisotopic (exact) mass is 494 g/mol. The number of hydrogen-bond donors (Lipinski definition) is 2. The lowest BCUT2D eigenvalue weighted by molar-refractivity contribution is -0.134. The van der Waals surface area contributed by atoms with Crippen LogP contribution in [0.3, 0.4) is 0 Å². The fourth-order valence-corrected chi connectivity index (χ4v) is 9.26. The molecule has 2 N–H and O–H groups in total. The van der Waals surface area contributed by atoms with Crippen molar-refractivity contribution in [2.45, 2.75) is 83.6 Å². The highest BCUT2D eigenvalue weighted by Gasteiger charge is 2.60. The molecular formula is C30H39ClN2O2. The Morgan fingerprint density at radius 1 is 1.00 bits per heavy atom. The van der Waals surface area contributed by atoms with Gasteiger partial charge in [0.1, 0.15) is 0 Å². The van der Waals surface area contributed by atoms with E-state index in [0.29, 0.717) is 24.2 Å². The summed E-state index contributed by atoms with van der Waals surface area (Å²) in [6.07, 6.45) is 12.2. The van der Waals surface area contributed by atoms with Crippen LogP contribution in [0, 0.1) is 34.5 Å². The van der Waals surface area contributed by atoms with Crippen LogP contribution in [0.15, 0.2) is 36.0 Å². The quantitative estimate of drug-likeness (QED) is 0.530. The Balaban J connectivity index is 1.23. The Bertz CT molecular complexity index is 1060. The highest BCUT2D eigenvalue weighted by molar-refractivity contribution is 6.30. The van der Waals surface area contributed by atoms with Crippen molar-refractivity contribution >= 4 is 23.3 Å². The molecule has 4 fully saturated rings. The average Bonchev–Trinajstić information content (AvgIpc) is 3.44. The molecule has 1 aromatic rings. The normalized spacial score (nSPS) is 39.6. The molecule has 1 saturated heterocycles. The van der Waals surface area contributed by atoms with Crippen molar-refractivity contribution in [1.29, 1.82) is 0 Å². The van der Waals surface area contributed by atoms with E-state index in [1.54, 1.807) is 0 Å². The van der Waals surface area contributed by atoms with Gasteiger partial charge in [-0.15, -0.1) is 0 Å². The predicted molar refractivity (Wildman–Crippen MR) is 139 cm³/mol. The van der Waals surface area contributed by atoms with Gasteiger partial charge in [-0.1, -0.05) is 50.4 Å². The second kappa shape index (κ2) is 8.36. The second-order valence-electron chi connectivity index (χ2n) is 12.7. The fourth-order valence-electron chi connectivity index (χ4n) is 9.13. The van der Waals surface area contributed by atoms with Gasteiger partial charge in [0, 0.05) is 41.1 Å². The number of carbonyl (C=O) groups excluding carboxylic acids is 2. The van der Waals surface area contributed by atoms with Gasteiger partial charge >= 0.3 is 0 Å². The van der Waals surface area contributed by atoms with Crippen LogP contribution in [0.1, 0.15) is 83.6 Å². The fraction of sp³-hybridized carbons (Fsp3) is 0.667. The zero-order chi connectivity index (χ0) is 24.4. The van der Waals surface area contributed by atoms with E-state index in [9.17, 15) is 9.59 Å². The van der Waals surface area contributed by atoms with Gasteiger partial charge < -0.3 is 10.6 Å². The third-order valence-electron chi connectivity index (χ3n) is 11.1. The van der Waals surface area contributed by atoms with Gasteiger partial charge in [0.15, 0.2) is 5.78 Å². The molecule has 3 saturated carbocycles. The first-order valence-electron chi connectivity index (χ1n) is 13.8. The van der Waals surface area contributed by atoms with E-state index >= 15 is 0 Å². The summed E-state index contributed by atoms with van der Waals surface area (Å²) in [5.74, 6) is 2.37. The topological polar surface area (TPSA) is 58.2 Å². The zero-order valence-electron chi connectivity index (χ0n) is 21.2. The number of piperidine rings is 1. The number of benzene rings is 1. The molecule has 0 bridgehead atoms. The summed E-state index contributed by atoms with van der Waals surface area (Å²) in [7, 11) is 0. The maximum absolute atomic E-state index is 14.0. The van der Waals surface area contributed by atoms with E-state index in [-0.39, 0.29) is 34.0 Å². The number of amides is 1. The first-order valence-corrected chi connectivity index (χ1v) is 14.2. The minimum atomic E-state index is -0.248. The third-order valence-corrected chi connectivity index (χ3v) is 11.4. The van der Waals surface area contributed by atoms with Gasteiger partial charge in [0.2, 0.25) is 5.91 Å². The van der Waals surface area contributed by atoms with Crippen LogP contribution in [0.4, 0.5) is 0 Å². The molecule has 4 aliphatic carbocycles. The SMILES string of the molecule is C[C@]12CCC(=O)C=C1NCC1C2CC[C@@]2(C)C1CC[C@@H]2C(=O)NC1(c2ccc(Cl)cc2)CCCC1. The predicted octanol–water partition coefficient (Wildman–Crippen LogP) is 6.14. The molecule has 1 amide bonds. The van der Waals surface area contributed by atoms with E-state index in [4.69, 9.17) is 11.6 Å². The van der Waals surface area contributed by atoms with E-state index in [2.05, 4.69) is 36.6 Å². The molecule has 35 heavy (non-hydrogen) atoms. The van der Waals surface area contributed by atoms with Crippen LogP contribution < -0.4 is 10.6 Å². The number of ketones is 1. The molecule has 0 radical (unpaired) electrons. The first-order chi connectivity index (χ1) is 16.8. The van der Waals surface area contributed by atoms with E-state index in [0.717, 1.165) is 69.4 Å². The average molecular weight is 495 g/mol. The zero-order valence-corrected chi connectivity index (χ0v) is 21.9. The third kappa shape index (κ3) is 3.61. The first kappa shape index (κ1) is 23.6.